The third-order valence-electron chi connectivity index (χ3n) is 4.78. The molecule has 0 spiro atoms. The van der Waals surface area contributed by atoms with E-state index in [0.29, 0.717) is 5.02 Å². The largest absolute Gasteiger partial charge is 0.325 e. The molecule has 5 nitrogen and oxygen atoms in total. The number of aromatic nitrogens is 3. The highest BCUT2D eigenvalue weighted by atomic mass is 35.5. The molecule has 0 saturated heterocycles. The number of thioether (sulfide) groups is 1. The van der Waals surface area contributed by atoms with Crippen molar-refractivity contribution in [2.24, 2.45) is 0 Å². The summed E-state index contributed by atoms with van der Waals surface area (Å²) in [5, 5.41) is 16.4. The first-order valence-electron chi connectivity index (χ1n) is 9.55. The van der Waals surface area contributed by atoms with Crippen LogP contribution >= 0.6 is 34.7 Å². The molecule has 0 saturated carbocycles. The topological polar surface area (TPSA) is 59.8 Å². The molecule has 2 heterocycles. The Hall–Kier alpha value is -2.35. The van der Waals surface area contributed by atoms with Crippen LogP contribution in [0.15, 0.2) is 53.0 Å². The molecule has 0 bridgehead atoms. The number of nitrogens with zero attached hydrogens (tertiary/aromatic N) is 3. The predicted octanol–water partition coefficient (Wildman–Crippen LogP) is 6.43. The second-order valence-corrected chi connectivity index (χ2v) is 9.43. The Morgan fingerprint density at radius 1 is 1.20 bits per heavy atom. The number of benzene rings is 2. The van der Waals surface area contributed by atoms with E-state index in [4.69, 9.17) is 11.6 Å². The molecule has 1 N–H and O–H groups in total. The molecule has 8 heteroatoms. The Morgan fingerprint density at radius 3 is 2.80 bits per heavy atom. The van der Waals surface area contributed by atoms with Gasteiger partial charge in [-0.25, -0.2) is 0 Å². The predicted molar refractivity (Wildman–Crippen MR) is 127 cm³/mol. The lowest BCUT2D eigenvalue weighted by molar-refractivity contribution is -0.113. The molecule has 30 heavy (non-hydrogen) atoms. The average Bonchev–Trinajstić information content (AvgIpc) is 3.33. The van der Waals surface area contributed by atoms with Gasteiger partial charge in [0.1, 0.15) is 0 Å². The van der Waals surface area contributed by atoms with Gasteiger partial charge in [0.05, 0.1) is 5.75 Å². The highest BCUT2D eigenvalue weighted by Gasteiger charge is 2.20. The Kier molecular flexibility index (Phi) is 6.13. The molecule has 1 amide bonds. The third kappa shape index (κ3) is 4.10. The van der Waals surface area contributed by atoms with Crippen molar-refractivity contribution in [3.05, 3.63) is 58.4 Å². The Bertz CT molecular complexity index is 1220. The van der Waals surface area contributed by atoms with Crippen molar-refractivity contribution in [3.63, 3.8) is 0 Å². The number of carbonyl (C=O) groups excluding carboxylic acids is 1. The van der Waals surface area contributed by atoms with Gasteiger partial charge in [0.25, 0.3) is 0 Å². The van der Waals surface area contributed by atoms with Gasteiger partial charge in [-0.05, 0) is 44.5 Å². The number of rotatable bonds is 6. The lowest BCUT2D eigenvalue weighted by Gasteiger charge is -2.14. The SMILES string of the molecule is Cc1c(Cl)cccc1NC(=O)CSc1nnc(-c2csc3ccccc23)n1C(C)C. The number of thiophene rings is 1. The van der Waals surface area contributed by atoms with E-state index in [0.717, 1.165) is 27.8 Å². The first-order valence-corrected chi connectivity index (χ1v) is 11.8. The number of amides is 1. The van der Waals surface area contributed by atoms with Crippen LogP contribution in [0, 0.1) is 6.92 Å². The minimum absolute atomic E-state index is 0.105. The fraction of sp³-hybridized carbons (Fsp3) is 0.227. The van der Waals surface area contributed by atoms with Gasteiger partial charge in [0.2, 0.25) is 5.91 Å². The zero-order valence-electron chi connectivity index (χ0n) is 16.8. The lowest BCUT2D eigenvalue weighted by atomic mass is 10.1. The minimum atomic E-state index is -0.105. The molecule has 4 rings (SSSR count). The van der Waals surface area contributed by atoms with Gasteiger partial charge in [0, 0.05) is 37.8 Å². The van der Waals surface area contributed by atoms with Crippen LogP contribution in [0.5, 0.6) is 0 Å². The van der Waals surface area contributed by atoms with Gasteiger partial charge >= 0.3 is 0 Å². The number of nitrogens with one attached hydrogen (secondary N) is 1. The standard InChI is InChI=1S/C22H21ClN4OS2/c1-13(2)27-21(16-11-29-19-10-5-4-7-15(16)19)25-26-22(27)30-12-20(28)24-18-9-6-8-17(23)14(18)3/h4-11,13H,12H2,1-3H3,(H,24,28). The minimum Gasteiger partial charge on any atom is -0.325 e. The number of hydrogen-bond acceptors (Lipinski definition) is 5. The van der Waals surface area contributed by atoms with Crippen molar-refractivity contribution in [2.75, 3.05) is 11.1 Å². The maximum absolute atomic E-state index is 12.5. The van der Waals surface area contributed by atoms with Crippen molar-refractivity contribution >= 4 is 56.4 Å². The zero-order chi connectivity index (χ0) is 21.3. The molecule has 0 fully saturated rings. The van der Waals surface area contributed by atoms with E-state index in [9.17, 15) is 4.79 Å². The summed E-state index contributed by atoms with van der Waals surface area (Å²) in [6.07, 6.45) is 0. The molecule has 0 radical (unpaired) electrons. The second-order valence-electron chi connectivity index (χ2n) is 7.16. The van der Waals surface area contributed by atoms with Gasteiger partial charge < -0.3 is 5.32 Å². The number of fused-ring (bicyclic) bond motifs is 1. The summed E-state index contributed by atoms with van der Waals surface area (Å²) in [5.74, 6) is 0.962. The van der Waals surface area contributed by atoms with E-state index in [2.05, 4.69) is 51.4 Å². The first-order chi connectivity index (χ1) is 14.5. The monoisotopic (exact) mass is 456 g/mol. The van der Waals surface area contributed by atoms with Gasteiger partial charge in [-0.15, -0.1) is 21.5 Å². The van der Waals surface area contributed by atoms with E-state index < -0.39 is 0 Å². The molecule has 0 aliphatic carbocycles. The van der Waals surface area contributed by atoms with Crippen molar-refractivity contribution in [1.82, 2.24) is 14.8 Å². The van der Waals surface area contributed by atoms with E-state index in [1.54, 1.807) is 11.3 Å². The molecular formula is C22H21ClN4OS2. The summed E-state index contributed by atoms with van der Waals surface area (Å²) in [6.45, 7) is 6.08. The molecule has 0 atom stereocenters. The smallest absolute Gasteiger partial charge is 0.234 e. The van der Waals surface area contributed by atoms with Crippen LogP contribution in [-0.2, 0) is 4.79 Å². The summed E-state index contributed by atoms with van der Waals surface area (Å²) >= 11 is 9.22. The normalized spacial score (nSPS) is 11.4. The van der Waals surface area contributed by atoms with Gasteiger partial charge in [0.15, 0.2) is 11.0 Å². The molecule has 0 aliphatic heterocycles. The molecule has 2 aromatic carbocycles. The highest BCUT2D eigenvalue weighted by molar-refractivity contribution is 7.99. The number of anilines is 1. The maximum atomic E-state index is 12.5. The molecule has 2 aromatic heterocycles. The number of hydrogen-bond donors (Lipinski definition) is 1. The van der Waals surface area contributed by atoms with Gasteiger partial charge in [-0.1, -0.05) is 47.6 Å². The average molecular weight is 457 g/mol. The first kappa shape index (κ1) is 20.9. The molecule has 0 aliphatic rings. The quantitative estimate of drug-likeness (QED) is 0.339. The van der Waals surface area contributed by atoms with Crippen LogP contribution in [0.1, 0.15) is 25.5 Å². The summed E-state index contributed by atoms with van der Waals surface area (Å²) < 4.78 is 3.31. The third-order valence-corrected chi connectivity index (χ3v) is 7.09. The van der Waals surface area contributed by atoms with Crippen molar-refractivity contribution in [3.8, 4) is 11.4 Å². The summed E-state index contributed by atoms with van der Waals surface area (Å²) in [5.41, 5.74) is 2.65. The van der Waals surface area contributed by atoms with Crippen LogP contribution in [0.25, 0.3) is 21.5 Å². The van der Waals surface area contributed by atoms with Crippen LogP contribution in [0.4, 0.5) is 5.69 Å². The van der Waals surface area contributed by atoms with E-state index in [-0.39, 0.29) is 17.7 Å². The molecule has 4 aromatic rings. The molecule has 154 valence electrons. The molecular weight excluding hydrogens is 436 g/mol. The number of halogens is 1. The van der Waals surface area contributed by atoms with Crippen LogP contribution in [0.3, 0.4) is 0 Å². The van der Waals surface area contributed by atoms with E-state index in [1.807, 2.05) is 37.3 Å². The van der Waals surface area contributed by atoms with E-state index >= 15 is 0 Å². The summed E-state index contributed by atoms with van der Waals surface area (Å²) in [7, 11) is 0. The fourth-order valence-electron chi connectivity index (χ4n) is 3.23. The maximum Gasteiger partial charge on any atom is 0.234 e. The van der Waals surface area contributed by atoms with Gasteiger partial charge in [-0.3, -0.25) is 9.36 Å². The Labute approximate surface area is 188 Å². The molecule has 0 unspecified atom stereocenters. The van der Waals surface area contributed by atoms with Crippen molar-refractivity contribution in [1.29, 1.82) is 0 Å². The van der Waals surface area contributed by atoms with E-state index in [1.165, 1.54) is 21.8 Å². The number of carbonyl (C=O) groups is 1. The second kappa shape index (κ2) is 8.79. The zero-order valence-corrected chi connectivity index (χ0v) is 19.2. The van der Waals surface area contributed by atoms with Crippen LogP contribution in [0.2, 0.25) is 5.02 Å². The Balaban J connectivity index is 1.55. The van der Waals surface area contributed by atoms with Crippen LogP contribution < -0.4 is 5.32 Å². The summed E-state index contributed by atoms with van der Waals surface area (Å²) in [4.78, 5) is 12.5. The van der Waals surface area contributed by atoms with Crippen molar-refractivity contribution < 1.29 is 4.79 Å². The summed E-state index contributed by atoms with van der Waals surface area (Å²) in [6, 6.07) is 13.9. The fourth-order valence-corrected chi connectivity index (χ4v) is 5.22. The van der Waals surface area contributed by atoms with Crippen LogP contribution in [-0.4, -0.2) is 26.4 Å². The lowest BCUT2D eigenvalue weighted by Crippen LogP contribution is -2.15. The van der Waals surface area contributed by atoms with Gasteiger partial charge in [-0.2, -0.15) is 0 Å². The Morgan fingerprint density at radius 2 is 2.00 bits per heavy atom. The highest BCUT2D eigenvalue weighted by Crippen LogP contribution is 2.35. The van der Waals surface area contributed by atoms with Crippen molar-refractivity contribution in [2.45, 2.75) is 32.0 Å².